The quantitative estimate of drug-likeness (QED) is 0.293. The van der Waals surface area contributed by atoms with E-state index in [2.05, 4.69) is 15.6 Å². The standard InChI is InChI=1S/C41H57FN6O7S/c1-25-34(56-24-43-25)29-8-6-28(7-9-29)31(22-33(50)46-16-10-26(11-17-46)20-27-12-18-47(19-13-27)39(54)55-5)44-36(51)32-21-30(49)23-48(32)37(52)35(40(2,3)4)45-38(53)41(42)14-15-41/h6-9,24,26-27,30-32,35,49H,10-23H2,1-5H3,(H,44,51)(H,45,53)/t30-,31+,32+,35-/m1/s1. The topological polar surface area (TPSA) is 161 Å². The molecule has 3 N–H and O–H groups in total. The Labute approximate surface area is 332 Å². The van der Waals surface area contributed by atoms with Crippen LogP contribution in [0.5, 0.6) is 0 Å². The van der Waals surface area contributed by atoms with Gasteiger partial charge in [-0.3, -0.25) is 19.2 Å². The molecule has 4 heterocycles. The van der Waals surface area contributed by atoms with E-state index in [-0.39, 0.29) is 44.2 Å². The Morgan fingerprint density at radius 2 is 1.59 bits per heavy atom. The Kier molecular flexibility index (Phi) is 12.7. The molecule has 0 radical (unpaired) electrons. The van der Waals surface area contributed by atoms with Crippen LogP contribution in [0.3, 0.4) is 0 Å². The van der Waals surface area contributed by atoms with Gasteiger partial charge in [0.25, 0.3) is 5.91 Å². The summed E-state index contributed by atoms with van der Waals surface area (Å²) < 4.78 is 19.6. The molecule has 3 aliphatic heterocycles. The van der Waals surface area contributed by atoms with Crippen LogP contribution in [0.2, 0.25) is 0 Å². The molecule has 4 fully saturated rings. The number of benzene rings is 1. The summed E-state index contributed by atoms with van der Waals surface area (Å²) in [5.41, 5.74) is 1.59. The number of aromatic nitrogens is 1. The Morgan fingerprint density at radius 1 is 0.982 bits per heavy atom. The highest BCUT2D eigenvalue weighted by Gasteiger charge is 2.53. The molecule has 4 aliphatic rings. The van der Waals surface area contributed by atoms with Crippen molar-refractivity contribution in [2.45, 2.75) is 115 Å². The highest BCUT2D eigenvalue weighted by molar-refractivity contribution is 7.13. The molecule has 13 nitrogen and oxygen atoms in total. The molecule has 0 spiro atoms. The van der Waals surface area contributed by atoms with Gasteiger partial charge < -0.3 is 35.2 Å². The van der Waals surface area contributed by atoms with Crippen LogP contribution in [-0.2, 0) is 23.9 Å². The van der Waals surface area contributed by atoms with Gasteiger partial charge in [0.1, 0.15) is 12.1 Å². The van der Waals surface area contributed by atoms with Gasteiger partial charge in [-0.05, 0) is 80.2 Å². The van der Waals surface area contributed by atoms with Gasteiger partial charge in [0.2, 0.25) is 17.7 Å². The van der Waals surface area contributed by atoms with Crippen LogP contribution in [0.4, 0.5) is 9.18 Å². The number of β-amino-alcohol motifs (C(OH)–C–C–N with tert-alkyl or cyclic N) is 1. The predicted octanol–water partition coefficient (Wildman–Crippen LogP) is 4.77. The lowest BCUT2D eigenvalue weighted by molar-refractivity contribution is -0.145. The third-order valence-corrected chi connectivity index (χ3v) is 13.0. The number of ether oxygens (including phenoxy) is 1. The van der Waals surface area contributed by atoms with Crippen LogP contribution in [0.15, 0.2) is 29.8 Å². The van der Waals surface area contributed by atoms with Crippen molar-refractivity contribution in [2.24, 2.45) is 17.3 Å². The minimum absolute atomic E-state index is 0.00377. The molecular formula is C41H57FN6O7S. The van der Waals surface area contributed by atoms with Crippen molar-refractivity contribution < 1.29 is 38.2 Å². The van der Waals surface area contributed by atoms with E-state index in [1.165, 1.54) is 23.3 Å². The number of hydrogen-bond donors (Lipinski definition) is 3. The third kappa shape index (κ3) is 9.70. The number of nitrogens with zero attached hydrogens (tertiary/aromatic N) is 4. The lowest BCUT2D eigenvalue weighted by Crippen LogP contribution is -2.59. The number of likely N-dealkylation sites (tertiary alicyclic amines) is 3. The molecule has 306 valence electrons. The molecule has 0 bridgehead atoms. The molecule has 15 heteroatoms. The zero-order chi connectivity index (χ0) is 40.4. The van der Waals surface area contributed by atoms with Crippen LogP contribution >= 0.6 is 11.3 Å². The lowest BCUT2D eigenvalue weighted by atomic mass is 9.83. The summed E-state index contributed by atoms with van der Waals surface area (Å²) in [6.45, 7) is 9.73. The minimum Gasteiger partial charge on any atom is -0.453 e. The normalized spacial score (nSPS) is 22.7. The number of aliphatic hydroxyl groups is 1. The first-order valence-electron chi connectivity index (χ1n) is 20.0. The Bertz CT molecular complexity index is 1740. The monoisotopic (exact) mass is 796 g/mol. The second-order valence-electron chi connectivity index (χ2n) is 17.2. The van der Waals surface area contributed by atoms with Crippen molar-refractivity contribution >= 4 is 41.1 Å². The number of nitrogens with one attached hydrogen (secondary N) is 2. The fourth-order valence-corrected chi connectivity index (χ4v) is 9.17. The third-order valence-electron chi connectivity index (χ3n) is 12.0. The number of amides is 5. The fourth-order valence-electron chi connectivity index (χ4n) is 8.36. The van der Waals surface area contributed by atoms with E-state index in [0.29, 0.717) is 38.0 Å². The minimum atomic E-state index is -1.99. The molecule has 4 atom stereocenters. The maximum atomic E-state index is 14.7. The summed E-state index contributed by atoms with van der Waals surface area (Å²) in [7, 11) is 1.41. The van der Waals surface area contributed by atoms with E-state index in [1.807, 2.05) is 36.1 Å². The molecular weight excluding hydrogens is 740 g/mol. The second kappa shape index (κ2) is 17.2. The van der Waals surface area contributed by atoms with Gasteiger partial charge >= 0.3 is 6.09 Å². The van der Waals surface area contributed by atoms with Gasteiger partial charge in [-0.1, -0.05) is 45.0 Å². The van der Waals surface area contributed by atoms with Crippen LogP contribution in [0, 0.1) is 24.2 Å². The van der Waals surface area contributed by atoms with Crippen LogP contribution < -0.4 is 10.6 Å². The first-order valence-corrected chi connectivity index (χ1v) is 20.8. The molecule has 1 saturated carbocycles. The van der Waals surface area contributed by atoms with Crippen LogP contribution in [0.25, 0.3) is 10.4 Å². The van der Waals surface area contributed by atoms with E-state index in [4.69, 9.17) is 4.74 Å². The SMILES string of the molecule is COC(=O)N1CCC(CC2CCN(C(=O)C[C@H](NC(=O)[C@@H]3C[C@@H](O)CN3C(=O)[C@@H](NC(=O)C3(F)CC3)C(C)(C)C)c3ccc(-c4scnc4C)cc3)CC2)CC1. The zero-order valence-electron chi connectivity index (χ0n) is 33.2. The number of alkyl halides is 1. The van der Waals surface area contributed by atoms with Gasteiger partial charge in [-0.25, -0.2) is 14.2 Å². The van der Waals surface area contributed by atoms with Gasteiger partial charge in [-0.2, -0.15) is 0 Å². The van der Waals surface area contributed by atoms with Crippen molar-refractivity contribution in [1.82, 2.24) is 30.3 Å². The van der Waals surface area contributed by atoms with Gasteiger partial charge in [0, 0.05) is 39.1 Å². The first kappa shape index (κ1) is 41.5. The van der Waals surface area contributed by atoms with Crippen molar-refractivity contribution in [1.29, 1.82) is 0 Å². The highest BCUT2D eigenvalue weighted by Crippen LogP contribution is 2.41. The summed E-state index contributed by atoms with van der Waals surface area (Å²) in [5.74, 6) is -0.986. The molecule has 5 amide bonds. The number of aliphatic hydroxyl groups excluding tert-OH is 1. The summed E-state index contributed by atoms with van der Waals surface area (Å²) in [6.07, 6.45) is 3.65. The van der Waals surface area contributed by atoms with Crippen LogP contribution in [-0.4, -0.2) is 118 Å². The highest BCUT2D eigenvalue weighted by atomic mass is 32.1. The first-order chi connectivity index (χ1) is 26.6. The van der Waals surface area contributed by atoms with Crippen molar-refractivity contribution in [3.63, 3.8) is 0 Å². The molecule has 3 saturated heterocycles. The molecule has 1 aromatic heterocycles. The number of aryl methyl sites for hydroxylation is 1. The van der Waals surface area contributed by atoms with Crippen molar-refractivity contribution in [3.8, 4) is 10.4 Å². The van der Waals surface area contributed by atoms with E-state index in [9.17, 15) is 33.5 Å². The number of thiazole rings is 1. The largest absolute Gasteiger partial charge is 0.453 e. The zero-order valence-corrected chi connectivity index (χ0v) is 34.0. The molecule has 1 aromatic carbocycles. The van der Waals surface area contributed by atoms with Crippen molar-refractivity contribution in [2.75, 3.05) is 39.8 Å². The van der Waals surface area contributed by atoms with E-state index in [1.54, 1.807) is 31.2 Å². The molecule has 1 aliphatic carbocycles. The fraction of sp³-hybridized carbons (Fsp3) is 0.659. The smallest absolute Gasteiger partial charge is 0.409 e. The van der Waals surface area contributed by atoms with E-state index < -0.39 is 53.0 Å². The Hall–Kier alpha value is -4.11. The number of carbonyl (C=O) groups is 5. The number of methoxy groups -OCH3 is 1. The Balaban J connectivity index is 1.13. The number of carbonyl (C=O) groups excluding carboxylic acids is 5. The molecule has 56 heavy (non-hydrogen) atoms. The van der Waals surface area contributed by atoms with E-state index in [0.717, 1.165) is 53.8 Å². The summed E-state index contributed by atoms with van der Waals surface area (Å²) in [5, 5.41) is 16.4. The van der Waals surface area contributed by atoms with E-state index >= 15 is 0 Å². The summed E-state index contributed by atoms with van der Waals surface area (Å²) in [6, 6.07) is 4.78. The predicted molar refractivity (Wildman–Crippen MR) is 209 cm³/mol. The maximum absolute atomic E-state index is 14.7. The molecule has 6 rings (SSSR count). The molecule has 2 aromatic rings. The van der Waals surface area contributed by atoms with Gasteiger partial charge in [0.15, 0.2) is 5.67 Å². The maximum Gasteiger partial charge on any atom is 0.409 e. The number of piperidine rings is 2. The number of hydrogen-bond acceptors (Lipinski definition) is 9. The number of halogens is 1. The molecule has 0 unspecified atom stereocenters. The number of rotatable bonds is 11. The lowest BCUT2D eigenvalue weighted by Gasteiger charge is -2.37. The van der Waals surface area contributed by atoms with Gasteiger partial charge in [-0.15, -0.1) is 11.3 Å². The summed E-state index contributed by atoms with van der Waals surface area (Å²) >= 11 is 1.53. The van der Waals surface area contributed by atoms with Crippen molar-refractivity contribution in [3.05, 3.63) is 41.0 Å². The van der Waals surface area contributed by atoms with Gasteiger partial charge in [0.05, 0.1) is 41.8 Å². The average Bonchev–Trinajstić information content (AvgIpc) is 3.58. The van der Waals surface area contributed by atoms with Crippen LogP contribution in [0.1, 0.15) is 95.9 Å². The summed E-state index contributed by atoms with van der Waals surface area (Å²) in [4.78, 5) is 77.2. The Morgan fingerprint density at radius 3 is 2.12 bits per heavy atom. The average molecular weight is 797 g/mol. The second-order valence-corrected chi connectivity index (χ2v) is 18.1.